The number of hydrogen-bond acceptors (Lipinski definition) is 11. The molecular formula is C45H51ClF2N10O4. The van der Waals surface area contributed by atoms with Crippen LogP contribution in [0.1, 0.15) is 81.4 Å². The second kappa shape index (κ2) is 15.8. The molecule has 2 amide bonds. The average molecular weight is 869 g/mol. The lowest BCUT2D eigenvalue weighted by Gasteiger charge is -2.41. The average Bonchev–Trinajstić information content (AvgIpc) is 4.06. The van der Waals surface area contributed by atoms with Gasteiger partial charge in [-0.3, -0.25) is 24.4 Å². The lowest BCUT2D eigenvalue weighted by atomic mass is 9.84. The molecule has 7 heterocycles. The Labute approximate surface area is 362 Å². The number of likely N-dealkylation sites (tertiary alicyclic amines) is 1. The number of halogens is 3. The number of ether oxygens (including phenoxy) is 1. The van der Waals surface area contributed by atoms with Crippen molar-refractivity contribution in [1.29, 1.82) is 0 Å². The molecule has 326 valence electrons. The predicted octanol–water partition coefficient (Wildman–Crippen LogP) is 6.84. The van der Waals surface area contributed by atoms with Gasteiger partial charge in [-0.15, -0.1) is 0 Å². The lowest BCUT2D eigenvalue weighted by molar-refractivity contribution is -0.134. The minimum atomic E-state index is -3.13. The van der Waals surface area contributed by atoms with Crippen molar-refractivity contribution in [2.45, 2.75) is 88.1 Å². The second-order valence-corrected chi connectivity index (χ2v) is 18.5. The third kappa shape index (κ3) is 7.52. The normalized spacial score (nSPS) is 24.6. The van der Waals surface area contributed by atoms with Gasteiger partial charge in [-0.2, -0.15) is 10.1 Å². The van der Waals surface area contributed by atoms with Gasteiger partial charge >= 0.3 is 5.92 Å². The summed E-state index contributed by atoms with van der Waals surface area (Å²) in [6.45, 7) is 5.18. The highest BCUT2D eigenvalue weighted by molar-refractivity contribution is 6.33. The lowest BCUT2D eigenvalue weighted by Crippen LogP contribution is -2.45. The zero-order valence-corrected chi connectivity index (χ0v) is 35.9. The van der Waals surface area contributed by atoms with Crippen LogP contribution in [0.3, 0.4) is 0 Å². The maximum atomic E-state index is 15.2. The van der Waals surface area contributed by atoms with E-state index in [0.717, 1.165) is 68.5 Å². The predicted molar refractivity (Wildman–Crippen MR) is 234 cm³/mol. The minimum absolute atomic E-state index is 0.103. The largest absolute Gasteiger partial charge is 0.480 e. The summed E-state index contributed by atoms with van der Waals surface area (Å²) in [6.07, 6.45) is 7.97. The quantitative estimate of drug-likeness (QED) is 0.141. The summed E-state index contributed by atoms with van der Waals surface area (Å²) in [7, 11) is 3.53. The highest BCUT2D eigenvalue weighted by atomic mass is 35.5. The number of fused-ring (bicyclic) bond motifs is 4. The van der Waals surface area contributed by atoms with Gasteiger partial charge in [-0.1, -0.05) is 23.7 Å². The Hall–Kier alpha value is -5.35. The van der Waals surface area contributed by atoms with Crippen molar-refractivity contribution in [2.24, 2.45) is 25.9 Å². The van der Waals surface area contributed by atoms with Crippen LogP contribution in [0.5, 0.6) is 5.75 Å². The van der Waals surface area contributed by atoms with Crippen molar-refractivity contribution >= 4 is 68.4 Å². The Balaban J connectivity index is 0.774. The maximum absolute atomic E-state index is 15.2. The summed E-state index contributed by atoms with van der Waals surface area (Å²) in [5.41, 5.74) is 4.07. The number of nitrogens with one attached hydrogen (secondary N) is 3. The molecule has 0 radical (unpaired) electrons. The number of piperidine rings is 3. The van der Waals surface area contributed by atoms with Gasteiger partial charge in [0.1, 0.15) is 5.02 Å². The molecule has 2 aromatic carbocycles. The van der Waals surface area contributed by atoms with Gasteiger partial charge in [0.15, 0.2) is 12.4 Å². The zero-order valence-electron chi connectivity index (χ0n) is 35.1. The van der Waals surface area contributed by atoms with Gasteiger partial charge in [-0.25, -0.2) is 13.8 Å². The number of aryl methyl sites for hydroxylation is 2. The summed E-state index contributed by atoms with van der Waals surface area (Å²) in [5, 5.41) is 15.5. The fraction of sp³-hybridized carbons (Fsp3) is 0.511. The van der Waals surface area contributed by atoms with E-state index in [1.807, 2.05) is 23.9 Å². The number of carbonyl (C=O) groups is 2. The van der Waals surface area contributed by atoms with Gasteiger partial charge in [0.05, 0.1) is 40.6 Å². The van der Waals surface area contributed by atoms with Crippen LogP contribution in [0.25, 0.3) is 21.8 Å². The third-order valence-electron chi connectivity index (χ3n) is 14.0. The van der Waals surface area contributed by atoms with E-state index >= 15 is 8.78 Å². The molecule has 5 aliphatic rings. The number of amides is 2. The van der Waals surface area contributed by atoms with Crippen molar-refractivity contribution in [2.75, 3.05) is 48.3 Å². The number of pyridine rings is 1. The number of benzene rings is 2. The van der Waals surface area contributed by atoms with E-state index in [2.05, 4.69) is 55.9 Å². The number of hydrogen-bond donors (Lipinski definition) is 3. The molecule has 5 aromatic rings. The van der Waals surface area contributed by atoms with Crippen LogP contribution in [-0.2, 0) is 23.7 Å². The van der Waals surface area contributed by atoms with E-state index < -0.39 is 30.0 Å². The van der Waals surface area contributed by atoms with Crippen LogP contribution in [0.15, 0.2) is 47.4 Å². The van der Waals surface area contributed by atoms with E-state index in [1.165, 1.54) is 10.1 Å². The molecule has 3 saturated heterocycles. The number of carbonyl (C=O) groups excluding carboxylic acids is 2. The van der Waals surface area contributed by atoms with E-state index in [4.69, 9.17) is 26.4 Å². The molecule has 0 spiro atoms. The molecule has 1 saturated carbocycles. The Morgan fingerprint density at radius 1 is 0.968 bits per heavy atom. The highest BCUT2D eigenvalue weighted by Gasteiger charge is 2.51. The fourth-order valence-electron chi connectivity index (χ4n) is 10.2. The molecule has 4 atom stereocenters. The Kier molecular flexibility index (Phi) is 10.4. The zero-order chi connectivity index (χ0) is 43.0. The summed E-state index contributed by atoms with van der Waals surface area (Å²) >= 11 is 6.65. The van der Waals surface area contributed by atoms with Crippen LogP contribution in [0.4, 0.5) is 31.9 Å². The van der Waals surface area contributed by atoms with Gasteiger partial charge in [-0.05, 0) is 106 Å². The first-order chi connectivity index (χ1) is 29.8. The Bertz CT molecular complexity index is 2660. The van der Waals surface area contributed by atoms with Gasteiger partial charge in [0.25, 0.3) is 5.56 Å². The van der Waals surface area contributed by atoms with Crippen molar-refractivity contribution in [3.8, 4) is 5.75 Å². The summed E-state index contributed by atoms with van der Waals surface area (Å²) in [6, 6.07) is 11.3. The van der Waals surface area contributed by atoms with Crippen LogP contribution in [0.2, 0.25) is 5.02 Å². The maximum Gasteiger partial charge on any atom is 0.301 e. The van der Waals surface area contributed by atoms with Crippen LogP contribution >= 0.6 is 11.6 Å². The standard InChI is InChI=1S/C45H51ClF2N10O4/c1-24-18-28(27-6-8-30-35(19-27)56(3)54-37(30)31-9-11-36(59)51-42(31)60)14-17-58(24)22-25-12-15-57(16-13-25)44-49-21-33(46)41(53-44)50-29-7-10-34-32(20-29)38-39(43(61)55(34)2)62-23-45(47,48)40(52-38)26-4-5-26/h6-8,10,19-21,24-26,28,31,40,52H,4-5,9,11-18,22-23H2,1-3H3,(H,49,50,53)(H,51,59,60)/t24-,28+,31?,40+/m1/s1. The topological polar surface area (TPSA) is 152 Å². The molecule has 4 fully saturated rings. The van der Waals surface area contributed by atoms with E-state index in [0.29, 0.717) is 76.9 Å². The van der Waals surface area contributed by atoms with Crippen LogP contribution < -0.4 is 31.1 Å². The minimum Gasteiger partial charge on any atom is -0.480 e. The molecule has 62 heavy (non-hydrogen) atoms. The Morgan fingerprint density at radius 2 is 1.77 bits per heavy atom. The number of aromatic nitrogens is 5. The van der Waals surface area contributed by atoms with Gasteiger partial charge in [0.2, 0.25) is 23.5 Å². The van der Waals surface area contributed by atoms with Gasteiger partial charge in [0, 0.05) is 62.7 Å². The third-order valence-corrected chi connectivity index (χ3v) is 14.2. The summed E-state index contributed by atoms with van der Waals surface area (Å²) < 4.78 is 39.2. The number of anilines is 4. The SMILES string of the molecule is C[C@@H]1C[C@@H](c2ccc3c(C4CCC(=O)NC4=O)nn(C)c3c2)CCN1CC1CCN(c2ncc(Cl)c(Nc3ccc4c(c3)c3c(c(=O)n4C)OCC(F)(F)[C@H](C4CC4)N3)n2)CC1. The summed E-state index contributed by atoms with van der Waals surface area (Å²) in [4.78, 5) is 51.9. The van der Waals surface area contributed by atoms with Crippen LogP contribution in [0, 0.1) is 11.8 Å². The number of imide groups is 1. The molecule has 3 N–H and O–H groups in total. The number of rotatable bonds is 8. The molecule has 1 aliphatic carbocycles. The monoisotopic (exact) mass is 868 g/mol. The van der Waals surface area contributed by atoms with Gasteiger partial charge < -0.3 is 29.7 Å². The molecule has 17 heteroatoms. The molecule has 4 aliphatic heterocycles. The molecule has 3 aromatic heterocycles. The first-order valence-corrected chi connectivity index (χ1v) is 22.2. The van der Waals surface area contributed by atoms with Crippen molar-refractivity contribution in [3.05, 3.63) is 69.2 Å². The summed E-state index contributed by atoms with van der Waals surface area (Å²) in [5.74, 6) is -2.33. The van der Waals surface area contributed by atoms with E-state index in [1.54, 1.807) is 19.3 Å². The Morgan fingerprint density at radius 3 is 2.53 bits per heavy atom. The molecule has 10 rings (SSSR count). The van der Waals surface area contributed by atoms with E-state index in [9.17, 15) is 14.4 Å². The number of nitrogens with zero attached hydrogens (tertiary/aromatic N) is 7. The molecular weight excluding hydrogens is 818 g/mol. The van der Waals surface area contributed by atoms with E-state index in [-0.39, 0.29) is 29.2 Å². The molecule has 1 unspecified atom stereocenters. The van der Waals surface area contributed by atoms with Crippen LogP contribution in [-0.4, -0.2) is 91.8 Å². The smallest absolute Gasteiger partial charge is 0.301 e. The first kappa shape index (κ1) is 40.7. The fourth-order valence-corrected chi connectivity index (χ4v) is 10.4. The van der Waals surface area contributed by atoms with Crippen molar-refractivity contribution in [3.63, 3.8) is 0 Å². The van der Waals surface area contributed by atoms with Crippen molar-refractivity contribution < 1.29 is 23.1 Å². The second-order valence-electron chi connectivity index (χ2n) is 18.1. The number of alkyl halides is 2. The first-order valence-electron chi connectivity index (χ1n) is 21.8. The molecule has 14 nitrogen and oxygen atoms in total. The molecule has 0 bridgehead atoms. The highest BCUT2D eigenvalue weighted by Crippen LogP contribution is 2.46. The van der Waals surface area contributed by atoms with Crippen molar-refractivity contribution in [1.82, 2.24) is 34.5 Å².